The average Bonchev–Trinajstić information content (AvgIpc) is 2.10. The first-order chi connectivity index (χ1) is 5.91. The fourth-order valence-electron chi connectivity index (χ4n) is 0.886. The molecule has 0 aromatic carbocycles. The molecule has 0 bridgehead atoms. The summed E-state index contributed by atoms with van der Waals surface area (Å²) in [6.07, 6.45) is 16.6. The first-order valence-electron chi connectivity index (χ1n) is 4.84. The van der Waals surface area contributed by atoms with E-state index in [9.17, 15) is 0 Å². The lowest BCUT2D eigenvalue weighted by Gasteiger charge is -1.86. The number of allylic oxidation sites excluding steroid dienone is 5. The average molecular weight is 164 g/mol. The van der Waals surface area contributed by atoms with Crippen LogP contribution in [0.15, 0.2) is 37.0 Å². The van der Waals surface area contributed by atoms with Crippen molar-refractivity contribution in [3.8, 4) is 0 Å². The maximum absolute atomic E-state index is 3.67. The molecule has 0 aromatic rings. The minimum absolute atomic E-state index is 1.08. The van der Waals surface area contributed by atoms with Crippen LogP contribution in [0.5, 0.6) is 0 Å². The zero-order chi connectivity index (χ0) is 9.07. The van der Waals surface area contributed by atoms with E-state index in [1.54, 1.807) is 0 Å². The molecule has 68 valence electrons. The van der Waals surface area contributed by atoms with E-state index in [0.717, 1.165) is 12.8 Å². The smallest absolute Gasteiger partial charge is 0.0313 e. The van der Waals surface area contributed by atoms with Crippen LogP contribution >= 0.6 is 0 Å². The molecule has 0 aliphatic rings. The van der Waals surface area contributed by atoms with Gasteiger partial charge >= 0.3 is 0 Å². The minimum Gasteiger partial charge on any atom is -0.103 e. The second-order valence-corrected chi connectivity index (χ2v) is 2.86. The Bertz CT molecular complexity index is 140. The van der Waals surface area contributed by atoms with Gasteiger partial charge in [-0.15, -0.1) is 6.58 Å². The van der Waals surface area contributed by atoms with Gasteiger partial charge in [-0.05, 0) is 19.3 Å². The molecule has 0 heterocycles. The van der Waals surface area contributed by atoms with E-state index in [-0.39, 0.29) is 0 Å². The van der Waals surface area contributed by atoms with Crippen molar-refractivity contribution in [2.75, 3.05) is 0 Å². The van der Waals surface area contributed by atoms with E-state index in [1.165, 1.54) is 19.3 Å². The van der Waals surface area contributed by atoms with Crippen LogP contribution < -0.4 is 0 Å². The van der Waals surface area contributed by atoms with Gasteiger partial charge in [0.2, 0.25) is 0 Å². The molecule has 0 aliphatic heterocycles. The Morgan fingerprint density at radius 1 is 1.00 bits per heavy atom. The molecule has 0 saturated heterocycles. The molecule has 0 aromatic heterocycles. The van der Waals surface area contributed by atoms with Crippen molar-refractivity contribution in [2.45, 2.75) is 39.0 Å². The fourth-order valence-corrected chi connectivity index (χ4v) is 0.886. The van der Waals surface area contributed by atoms with Crippen molar-refractivity contribution in [3.63, 3.8) is 0 Å². The highest BCUT2D eigenvalue weighted by Crippen LogP contribution is 1.96. The van der Waals surface area contributed by atoms with E-state index in [0.29, 0.717) is 0 Å². The highest BCUT2D eigenvalue weighted by atomic mass is 13.8. The van der Waals surface area contributed by atoms with Crippen LogP contribution in [0.2, 0.25) is 0 Å². The molecule has 0 atom stereocenters. The van der Waals surface area contributed by atoms with E-state index >= 15 is 0 Å². The Hall–Kier alpha value is -0.780. The topological polar surface area (TPSA) is 0 Å². The standard InChI is InChI=1S/C12H20/c1-3-5-7-9-11-12-10-8-6-4-2/h3,9-12H,1,4-8H2,2H3/b11-9-,12-10+. The second-order valence-electron chi connectivity index (χ2n) is 2.86. The van der Waals surface area contributed by atoms with E-state index < -0.39 is 0 Å². The molecular weight excluding hydrogens is 144 g/mol. The predicted octanol–water partition coefficient (Wildman–Crippen LogP) is 4.26. The molecule has 12 heavy (non-hydrogen) atoms. The summed E-state index contributed by atoms with van der Waals surface area (Å²) in [5.41, 5.74) is 0. The van der Waals surface area contributed by atoms with Crippen molar-refractivity contribution >= 4 is 0 Å². The summed E-state index contributed by atoms with van der Waals surface area (Å²) in [5, 5.41) is 0. The zero-order valence-corrected chi connectivity index (χ0v) is 8.13. The van der Waals surface area contributed by atoms with Crippen LogP contribution in [0, 0.1) is 0 Å². The molecule has 0 fully saturated rings. The van der Waals surface area contributed by atoms with Gasteiger partial charge < -0.3 is 0 Å². The van der Waals surface area contributed by atoms with Gasteiger partial charge in [0.05, 0.1) is 0 Å². The Morgan fingerprint density at radius 2 is 1.67 bits per heavy atom. The predicted molar refractivity (Wildman–Crippen MR) is 57.2 cm³/mol. The first kappa shape index (κ1) is 11.2. The molecule has 0 nitrogen and oxygen atoms in total. The van der Waals surface area contributed by atoms with Gasteiger partial charge in [-0.25, -0.2) is 0 Å². The van der Waals surface area contributed by atoms with Crippen molar-refractivity contribution in [1.29, 1.82) is 0 Å². The third-order valence-corrected chi connectivity index (χ3v) is 1.65. The number of unbranched alkanes of at least 4 members (excludes halogenated alkanes) is 3. The summed E-state index contributed by atoms with van der Waals surface area (Å²) in [4.78, 5) is 0. The van der Waals surface area contributed by atoms with Crippen LogP contribution in [-0.2, 0) is 0 Å². The molecule has 0 rings (SSSR count). The lowest BCUT2D eigenvalue weighted by Crippen LogP contribution is -1.65. The molecular formula is C12H20. The Balaban J connectivity index is 3.20. The van der Waals surface area contributed by atoms with Gasteiger partial charge in [0.1, 0.15) is 0 Å². The maximum atomic E-state index is 3.67. The molecule has 0 unspecified atom stereocenters. The van der Waals surface area contributed by atoms with Gasteiger partial charge in [0.25, 0.3) is 0 Å². The molecule has 0 amide bonds. The number of hydrogen-bond acceptors (Lipinski definition) is 0. The maximum Gasteiger partial charge on any atom is -0.0313 e. The normalized spacial score (nSPS) is 11.4. The van der Waals surface area contributed by atoms with Crippen molar-refractivity contribution in [2.24, 2.45) is 0 Å². The first-order valence-corrected chi connectivity index (χ1v) is 4.84. The molecule has 0 spiro atoms. The highest BCUT2D eigenvalue weighted by molar-refractivity contribution is 5.02. The van der Waals surface area contributed by atoms with Crippen LogP contribution in [0.3, 0.4) is 0 Å². The lowest BCUT2D eigenvalue weighted by atomic mass is 10.2. The summed E-state index contributed by atoms with van der Waals surface area (Å²) in [6.45, 7) is 5.88. The third-order valence-electron chi connectivity index (χ3n) is 1.65. The van der Waals surface area contributed by atoms with E-state index in [1.807, 2.05) is 6.08 Å². The van der Waals surface area contributed by atoms with Gasteiger partial charge in [-0.3, -0.25) is 0 Å². The number of hydrogen-bond donors (Lipinski definition) is 0. The molecule has 0 heteroatoms. The van der Waals surface area contributed by atoms with Crippen molar-refractivity contribution in [1.82, 2.24) is 0 Å². The fraction of sp³-hybridized carbons (Fsp3) is 0.500. The Labute approximate surface area is 76.7 Å². The van der Waals surface area contributed by atoms with E-state index in [2.05, 4.69) is 37.8 Å². The van der Waals surface area contributed by atoms with Gasteiger partial charge in [-0.1, -0.05) is 50.1 Å². The number of rotatable bonds is 7. The van der Waals surface area contributed by atoms with Crippen molar-refractivity contribution in [3.05, 3.63) is 37.0 Å². The monoisotopic (exact) mass is 164 g/mol. The summed E-state index contributed by atoms with van der Waals surface area (Å²) in [7, 11) is 0. The summed E-state index contributed by atoms with van der Waals surface area (Å²) >= 11 is 0. The van der Waals surface area contributed by atoms with Crippen LogP contribution in [0.4, 0.5) is 0 Å². The molecule has 0 aliphatic carbocycles. The Morgan fingerprint density at radius 3 is 2.25 bits per heavy atom. The quantitative estimate of drug-likeness (QED) is 0.300. The van der Waals surface area contributed by atoms with Crippen LogP contribution in [-0.4, -0.2) is 0 Å². The third kappa shape index (κ3) is 9.22. The SMILES string of the molecule is C=CCC/C=C\C=C\CCCC. The zero-order valence-electron chi connectivity index (χ0n) is 8.13. The summed E-state index contributed by atoms with van der Waals surface area (Å²) < 4.78 is 0. The largest absolute Gasteiger partial charge is 0.103 e. The van der Waals surface area contributed by atoms with Crippen molar-refractivity contribution < 1.29 is 0 Å². The van der Waals surface area contributed by atoms with E-state index in [4.69, 9.17) is 0 Å². The van der Waals surface area contributed by atoms with Gasteiger partial charge in [0.15, 0.2) is 0 Å². The second kappa shape index (κ2) is 10.2. The summed E-state index contributed by atoms with van der Waals surface area (Å²) in [5.74, 6) is 0. The van der Waals surface area contributed by atoms with Crippen LogP contribution in [0.25, 0.3) is 0 Å². The van der Waals surface area contributed by atoms with Gasteiger partial charge in [0, 0.05) is 0 Å². The Kier molecular flexibility index (Phi) is 9.56. The highest BCUT2D eigenvalue weighted by Gasteiger charge is 1.75. The molecule has 0 radical (unpaired) electrons. The molecule has 0 saturated carbocycles. The summed E-state index contributed by atoms with van der Waals surface area (Å²) in [6, 6.07) is 0. The lowest BCUT2D eigenvalue weighted by molar-refractivity contribution is 0.815. The minimum atomic E-state index is 1.08. The molecule has 0 N–H and O–H groups in total. The van der Waals surface area contributed by atoms with Crippen LogP contribution in [0.1, 0.15) is 39.0 Å². The van der Waals surface area contributed by atoms with Gasteiger partial charge in [-0.2, -0.15) is 0 Å².